The van der Waals surface area contributed by atoms with Crippen molar-refractivity contribution >= 4 is 29.0 Å². The normalized spacial score (nSPS) is 13.2. The molecule has 0 spiro atoms. The number of fused-ring (bicyclic) bond motifs is 1. The van der Waals surface area contributed by atoms with Crippen molar-refractivity contribution in [1.29, 1.82) is 0 Å². The number of halogens is 1. The van der Waals surface area contributed by atoms with Crippen LogP contribution in [0.3, 0.4) is 0 Å². The average molecular weight is 594 g/mol. The number of nitrogens with zero attached hydrogens (tertiary/aromatic N) is 4. The van der Waals surface area contributed by atoms with Crippen LogP contribution in [0.25, 0.3) is 16.8 Å². The lowest BCUT2D eigenvalue weighted by Gasteiger charge is -2.27. The van der Waals surface area contributed by atoms with Crippen LogP contribution in [0.5, 0.6) is 5.75 Å². The van der Waals surface area contributed by atoms with E-state index in [1.54, 1.807) is 33.7 Å². The summed E-state index contributed by atoms with van der Waals surface area (Å²) in [6, 6.07) is 23.1. The number of Topliss-reactive ketones (excluding diaryl/α,β-unsaturated/α-hetero) is 1. The maximum atomic E-state index is 13.1. The van der Waals surface area contributed by atoms with E-state index < -0.39 is 0 Å². The Kier molecular flexibility index (Phi) is 8.60. The van der Waals surface area contributed by atoms with E-state index in [-0.39, 0.29) is 23.9 Å². The molecule has 1 saturated heterocycles. The predicted molar refractivity (Wildman–Crippen MR) is 165 cm³/mol. The molecule has 0 atom stereocenters. The monoisotopic (exact) mass is 593 g/mol. The zero-order valence-electron chi connectivity index (χ0n) is 24.3. The molecule has 1 amide bonds. The first kappa shape index (κ1) is 29.0. The zero-order chi connectivity index (χ0) is 30.5. The smallest absolute Gasteiger partial charge is 0.254 e. The molecule has 0 radical (unpaired) electrons. The number of nitrogens with one attached hydrogen (secondary N) is 1. The van der Waals surface area contributed by atoms with E-state index in [0.29, 0.717) is 67.9 Å². The summed E-state index contributed by atoms with van der Waals surface area (Å²) in [7, 11) is 0. The van der Waals surface area contributed by atoms with Crippen LogP contribution >= 0.6 is 0 Å². The summed E-state index contributed by atoms with van der Waals surface area (Å²) in [5, 5.41) is 7.84. The lowest BCUT2D eigenvalue weighted by Crippen LogP contribution is -2.40. The standard InChI is InChI=1S/C34H32FN5O4/c1-2-44-31-21-26(33(42)39-15-17-43-18-16-39)9-13-30(31)36-34-37-32-14-10-27(22-40(32)38-34)25-7-3-23(4-8-25)19-29(41)20-24-5-11-28(35)12-6-24/h3-14,21-22H,2,15-20H2,1H3,(H,36,38). The molecule has 44 heavy (non-hydrogen) atoms. The van der Waals surface area contributed by atoms with Crippen molar-refractivity contribution < 1.29 is 23.5 Å². The number of carbonyl (C=O) groups excluding carboxylic acids is 2. The van der Waals surface area contributed by atoms with E-state index in [2.05, 4.69) is 15.4 Å². The van der Waals surface area contributed by atoms with Gasteiger partial charge in [0.2, 0.25) is 5.95 Å². The van der Waals surface area contributed by atoms with Gasteiger partial charge in [-0.1, -0.05) is 36.4 Å². The van der Waals surface area contributed by atoms with Gasteiger partial charge in [0.1, 0.15) is 17.3 Å². The molecule has 2 aromatic heterocycles. The van der Waals surface area contributed by atoms with Crippen LogP contribution in [0.4, 0.5) is 16.0 Å². The number of hydrogen-bond acceptors (Lipinski definition) is 7. The van der Waals surface area contributed by atoms with E-state index >= 15 is 0 Å². The Labute approximate surface area is 254 Å². The molecule has 0 bridgehead atoms. The molecule has 5 aromatic rings. The second-order valence-electron chi connectivity index (χ2n) is 10.5. The van der Waals surface area contributed by atoms with E-state index in [1.807, 2.05) is 55.6 Å². The second-order valence-corrected chi connectivity index (χ2v) is 10.5. The van der Waals surface area contributed by atoms with Crippen LogP contribution in [0.15, 0.2) is 85.1 Å². The van der Waals surface area contributed by atoms with E-state index in [9.17, 15) is 14.0 Å². The highest BCUT2D eigenvalue weighted by Gasteiger charge is 2.20. The third kappa shape index (κ3) is 6.76. The Balaban J connectivity index is 1.14. The van der Waals surface area contributed by atoms with Crippen LogP contribution in [-0.2, 0) is 22.4 Å². The number of anilines is 2. The van der Waals surface area contributed by atoms with Crippen molar-refractivity contribution in [3.63, 3.8) is 0 Å². The third-order valence-electron chi connectivity index (χ3n) is 7.41. The molecule has 1 fully saturated rings. The van der Waals surface area contributed by atoms with Gasteiger partial charge in [-0.3, -0.25) is 9.59 Å². The molecule has 0 unspecified atom stereocenters. The zero-order valence-corrected chi connectivity index (χ0v) is 24.3. The fraction of sp³-hybridized carbons (Fsp3) is 0.235. The fourth-order valence-corrected chi connectivity index (χ4v) is 5.14. The van der Waals surface area contributed by atoms with Gasteiger partial charge >= 0.3 is 0 Å². The van der Waals surface area contributed by atoms with Gasteiger partial charge in [-0.15, -0.1) is 5.10 Å². The lowest BCUT2D eigenvalue weighted by atomic mass is 10.0. The number of hydrogen-bond donors (Lipinski definition) is 1. The first-order chi connectivity index (χ1) is 21.4. The van der Waals surface area contributed by atoms with Gasteiger partial charge in [-0.25, -0.2) is 8.91 Å². The maximum absolute atomic E-state index is 13.1. The van der Waals surface area contributed by atoms with Crippen molar-refractivity contribution in [2.75, 3.05) is 38.2 Å². The van der Waals surface area contributed by atoms with Crippen molar-refractivity contribution in [3.8, 4) is 16.9 Å². The van der Waals surface area contributed by atoms with Gasteiger partial charge in [-0.05, 0) is 66.1 Å². The maximum Gasteiger partial charge on any atom is 0.254 e. The van der Waals surface area contributed by atoms with Gasteiger partial charge in [-0.2, -0.15) is 4.98 Å². The average Bonchev–Trinajstić information content (AvgIpc) is 3.45. The van der Waals surface area contributed by atoms with E-state index in [1.165, 1.54) is 12.1 Å². The minimum Gasteiger partial charge on any atom is -0.492 e. The van der Waals surface area contributed by atoms with Gasteiger partial charge in [0, 0.05) is 43.3 Å². The van der Waals surface area contributed by atoms with Gasteiger partial charge < -0.3 is 19.7 Å². The molecule has 9 nitrogen and oxygen atoms in total. The summed E-state index contributed by atoms with van der Waals surface area (Å²) in [6.07, 6.45) is 2.47. The highest BCUT2D eigenvalue weighted by molar-refractivity contribution is 5.95. The molecule has 1 aliphatic rings. The van der Waals surface area contributed by atoms with Crippen molar-refractivity contribution in [3.05, 3.63) is 108 Å². The number of ketones is 1. The summed E-state index contributed by atoms with van der Waals surface area (Å²) in [6.45, 7) is 4.54. The highest BCUT2D eigenvalue weighted by Crippen LogP contribution is 2.29. The molecule has 0 saturated carbocycles. The van der Waals surface area contributed by atoms with E-state index in [0.717, 1.165) is 22.3 Å². The molecule has 3 aromatic carbocycles. The number of amides is 1. The van der Waals surface area contributed by atoms with Gasteiger partial charge in [0.25, 0.3) is 5.91 Å². The number of aromatic nitrogens is 3. The minimum atomic E-state index is -0.312. The Morgan fingerprint density at radius 2 is 1.59 bits per heavy atom. The van der Waals surface area contributed by atoms with Crippen LogP contribution in [0, 0.1) is 5.82 Å². The van der Waals surface area contributed by atoms with E-state index in [4.69, 9.17) is 9.47 Å². The summed E-state index contributed by atoms with van der Waals surface area (Å²) in [5.41, 5.74) is 5.51. The van der Waals surface area contributed by atoms with Crippen LogP contribution in [0.1, 0.15) is 28.4 Å². The fourth-order valence-electron chi connectivity index (χ4n) is 5.14. The van der Waals surface area contributed by atoms with Crippen molar-refractivity contribution in [1.82, 2.24) is 19.5 Å². The molecule has 224 valence electrons. The SMILES string of the molecule is CCOc1cc(C(=O)N2CCOCC2)ccc1Nc1nc2ccc(-c3ccc(CC(=O)Cc4ccc(F)cc4)cc3)cn2n1. The Bertz CT molecular complexity index is 1780. The van der Waals surface area contributed by atoms with Crippen LogP contribution in [0.2, 0.25) is 0 Å². The highest BCUT2D eigenvalue weighted by atomic mass is 19.1. The van der Waals surface area contributed by atoms with Crippen molar-refractivity contribution in [2.45, 2.75) is 19.8 Å². The summed E-state index contributed by atoms with van der Waals surface area (Å²) in [4.78, 5) is 31.9. The molecular formula is C34H32FN5O4. The van der Waals surface area contributed by atoms with Crippen LogP contribution < -0.4 is 10.1 Å². The second kappa shape index (κ2) is 13.0. The Hall–Kier alpha value is -5.09. The number of ether oxygens (including phenoxy) is 2. The van der Waals surface area contributed by atoms with Crippen LogP contribution in [-0.4, -0.2) is 64.1 Å². The number of pyridine rings is 1. The van der Waals surface area contributed by atoms with Crippen molar-refractivity contribution in [2.24, 2.45) is 0 Å². The lowest BCUT2D eigenvalue weighted by molar-refractivity contribution is -0.117. The Morgan fingerprint density at radius 1 is 0.909 bits per heavy atom. The quantitative estimate of drug-likeness (QED) is 0.228. The molecule has 0 aliphatic carbocycles. The minimum absolute atomic E-state index is 0.0520. The predicted octanol–water partition coefficient (Wildman–Crippen LogP) is 5.50. The van der Waals surface area contributed by atoms with Gasteiger partial charge in [0.15, 0.2) is 5.65 Å². The molecule has 3 heterocycles. The topological polar surface area (TPSA) is 98.1 Å². The summed E-state index contributed by atoms with van der Waals surface area (Å²) < 4.78 is 26.1. The number of benzene rings is 3. The molecule has 6 rings (SSSR count). The molecule has 10 heteroatoms. The summed E-state index contributed by atoms with van der Waals surface area (Å²) in [5.74, 6) is 0.642. The number of carbonyl (C=O) groups is 2. The third-order valence-corrected chi connectivity index (χ3v) is 7.41. The van der Waals surface area contributed by atoms with Gasteiger partial charge in [0.05, 0.1) is 25.5 Å². The first-order valence-electron chi connectivity index (χ1n) is 14.6. The Morgan fingerprint density at radius 3 is 2.30 bits per heavy atom. The largest absolute Gasteiger partial charge is 0.492 e. The molecule has 1 aliphatic heterocycles. The summed E-state index contributed by atoms with van der Waals surface area (Å²) >= 11 is 0. The molecule has 1 N–H and O–H groups in total. The number of rotatable bonds is 10. The molecular weight excluding hydrogens is 561 g/mol. The first-order valence-corrected chi connectivity index (χ1v) is 14.6. The number of morpholine rings is 1.